The number of hydrogen-bond donors (Lipinski definition) is 1. The van der Waals surface area contributed by atoms with E-state index in [1.54, 1.807) is 7.11 Å². The molecule has 0 radical (unpaired) electrons. The molecule has 1 aliphatic heterocycles. The highest BCUT2D eigenvalue weighted by Crippen LogP contribution is 2.40. The lowest BCUT2D eigenvalue weighted by Gasteiger charge is -2.31. The molecule has 128 valence electrons. The van der Waals surface area contributed by atoms with E-state index in [9.17, 15) is 9.59 Å². The fraction of sp³-hybridized carbons (Fsp3) is 0.474. The third-order valence-electron chi connectivity index (χ3n) is 4.54. The van der Waals surface area contributed by atoms with Crippen LogP contribution in [0.5, 0.6) is 11.5 Å². The minimum absolute atomic E-state index is 0.0290. The van der Waals surface area contributed by atoms with Gasteiger partial charge in [0.05, 0.1) is 13.7 Å². The van der Waals surface area contributed by atoms with Gasteiger partial charge in [0.25, 0.3) is 0 Å². The van der Waals surface area contributed by atoms with Crippen LogP contribution in [-0.2, 0) is 9.59 Å². The van der Waals surface area contributed by atoms with Crippen molar-refractivity contribution < 1.29 is 19.1 Å². The maximum atomic E-state index is 12.4. The number of rotatable bonds is 5. The predicted molar refractivity (Wildman–Crippen MR) is 90.2 cm³/mol. The molecule has 0 fully saturated rings. The fourth-order valence-corrected chi connectivity index (χ4v) is 3.42. The summed E-state index contributed by atoms with van der Waals surface area (Å²) in [5, 5.41) is 2.88. The average molecular weight is 329 g/mol. The van der Waals surface area contributed by atoms with Crippen LogP contribution in [0.4, 0.5) is 0 Å². The molecule has 1 heterocycles. The van der Waals surface area contributed by atoms with E-state index in [0.29, 0.717) is 30.9 Å². The van der Waals surface area contributed by atoms with E-state index in [1.165, 1.54) is 0 Å². The first-order valence-corrected chi connectivity index (χ1v) is 8.50. The molecule has 5 heteroatoms. The van der Waals surface area contributed by atoms with E-state index in [-0.39, 0.29) is 17.6 Å². The van der Waals surface area contributed by atoms with Gasteiger partial charge in [0, 0.05) is 30.0 Å². The number of hydrogen-bond acceptors (Lipinski definition) is 4. The molecule has 1 N–H and O–H groups in total. The Bertz CT molecular complexity index is 693. The zero-order valence-electron chi connectivity index (χ0n) is 14.2. The maximum absolute atomic E-state index is 12.4. The van der Waals surface area contributed by atoms with Crippen molar-refractivity contribution in [2.24, 2.45) is 0 Å². The quantitative estimate of drug-likeness (QED) is 0.901. The van der Waals surface area contributed by atoms with Gasteiger partial charge in [-0.25, -0.2) is 0 Å². The topological polar surface area (TPSA) is 64.6 Å². The second kappa shape index (κ2) is 7.07. The summed E-state index contributed by atoms with van der Waals surface area (Å²) in [4.78, 5) is 24.5. The third kappa shape index (κ3) is 3.16. The van der Waals surface area contributed by atoms with Gasteiger partial charge in [-0.1, -0.05) is 13.0 Å². The summed E-state index contributed by atoms with van der Waals surface area (Å²) in [5.74, 6) is 1.24. The van der Waals surface area contributed by atoms with E-state index in [0.717, 1.165) is 36.1 Å². The average Bonchev–Trinajstić information content (AvgIpc) is 2.59. The number of Topliss-reactive ketones (excluding diaryl/α,β-unsaturated/α-hetero) is 1. The lowest BCUT2D eigenvalue weighted by molar-refractivity contribution is -0.122. The SMILES string of the molecule is CCCOc1ccc([C@@H]2CC(=O)NC3=C2C(=O)CCC3)cc1OC. The lowest BCUT2D eigenvalue weighted by Crippen LogP contribution is -2.36. The Morgan fingerprint density at radius 2 is 2.04 bits per heavy atom. The van der Waals surface area contributed by atoms with Gasteiger partial charge < -0.3 is 14.8 Å². The molecular weight excluding hydrogens is 306 g/mol. The smallest absolute Gasteiger partial charge is 0.225 e. The zero-order chi connectivity index (χ0) is 17.1. The summed E-state index contributed by atoms with van der Waals surface area (Å²) in [7, 11) is 1.60. The van der Waals surface area contributed by atoms with Crippen LogP contribution in [-0.4, -0.2) is 25.4 Å². The molecule has 1 aromatic carbocycles. The highest BCUT2D eigenvalue weighted by Gasteiger charge is 2.35. The number of allylic oxidation sites excluding steroid dienone is 2. The van der Waals surface area contributed by atoms with Crippen molar-refractivity contribution in [1.29, 1.82) is 0 Å². The highest BCUT2D eigenvalue weighted by molar-refractivity contribution is 6.01. The van der Waals surface area contributed by atoms with Gasteiger partial charge >= 0.3 is 0 Å². The molecule has 0 aromatic heterocycles. The van der Waals surface area contributed by atoms with Crippen molar-refractivity contribution in [3.05, 3.63) is 35.0 Å². The molecule has 1 aliphatic carbocycles. The van der Waals surface area contributed by atoms with Crippen molar-refractivity contribution in [2.45, 2.75) is 44.9 Å². The summed E-state index contributed by atoms with van der Waals surface area (Å²) in [6.07, 6.45) is 3.33. The molecule has 24 heavy (non-hydrogen) atoms. The number of carbonyl (C=O) groups is 2. The van der Waals surface area contributed by atoms with Crippen LogP contribution < -0.4 is 14.8 Å². The highest BCUT2D eigenvalue weighted by atomic mass is 16.5. The molecule has 0 saturated carbocycles. The van der Waals surface area contributed by atoms with Gasteiger partial charge in [-0.3, -0.25) is 9.59 Å². The van der Waals surface area contributed by atoms with Crippen molar-refractivity contribution in [2.75, 3.05) is 13.7 Å². The number of nitrogens with one attached hydrogen (secondary N) is 1. The third-order valence-corrected chi connectivity index (χ3v) is 4.54. The molecule has 0 spiro atoms. The molecule has 1 amide bonds. The van der Waals surface area contributed by atoms with E-state index in [2.05, 4.69) is 5.32 Å². The summed E-state index contributed by atoms with van der Waals surface area (Å²) in [5.41, 5.74) is 2.50. The monoisotopic (exact) mass is 329 g/mol. The van der Waals surface area contributed by atoms with Gasteiger partial charge in [0.15, 0.2) is 17.3 Å². The first-order valence-electron chi connectivity index (χ1n) is 8.50. The van der Waals surface area contributed by atoms with E-state index < -0.39 is 0 Å². The Hall–Kier alpha value is -2.30. The van der Waals surface area contributed by atoms with Gasteiger partial charge in [-0.2, -0.15) is 0 Å². The van der Waals surface area contributed by atoms with Crippen molar-refractivity contribution in [3.63, 3.8) is 0 Å². The number of amides is 1. The molecule has 5 nitrogen and oxygen atoms in total. The zero-order valence-corrected chi connectivity index (χ0v) is 14.2. The summed E-state index contributed by atoms with van der Waals surface area (Å²) in [6.45, 7) is 2.67. The number of carbonyl (C=O) groups excluding carboxylic acids is 2. The Labute approximate surface area is 142 Å². The molecular formula is C19H23NO4. The second-order valence-corrected chi connectivity index (χ2v) is 6.23. The van der Waals surface area contributed by atoms with Gasteiger partial charge in [-0.05, 0) is 37.0 Å². The van der Waals surface area contributed by atoms with Gasteiger partial charge in [-0.15, -0.1) is 0 Å². The molecule has 1 atom stereocenters. The minimum Gasteiger partial charge on any atom is -0.493 e. The summed E-state index contributed by atoms with van der Waals surface area (Å²) in [6, 6.07) is 5.69. The van der Waals surface area contributed by atoms with Gasteiger partial charge in [0.2, 0.25) is 5.91 Å². The molecule has 0 unspecified atom stereocenters. The van der Waals surface area contributed by atoms with E-state index in [4.69, 9.17) is 9.47 Å². The molecule has 3 rings (SSSR count). The number of ether oxygens (including phenoxy) is 2. The number of ketones is 1. The first kappa shape index (κ1) is 16.6. The second-order valence-electron chi connectivity index (χ2n) is 6.23. The Kier molecular flexibility index (Phi) is 4.88. The van der Waals surface area contributed by atoms with Crippen LogP contribution in [0.15, 0.2) is 29.5 Å². The first-order chi connectivity index (χ1) is 11.6. The van der Waals surface area contributed by atoms with Crippen LogP contribution in [0.25, 0.3) is 0 Å². The van der Waals surface area contributed by atoms with Crippen LogP contribution in [0.2, 0.25) is 0 Å². The van der Waals surface area contributed by atoms with Crippen molar-refractivity contribution in [3.8, 4) is 11.5 Å². The standard InChI is InChI=1S/C19H23NO4/c1-3-9-24-16-8-7-12(10-17(16)23-2)13-11-18(22)20-14-5-4-6-15(21)19(13)14/h7-8,10,13H,3-6,9,11H2,1-2H3,(H,20,22)/t13-/m0/s1. The lowest BCUT2D eigenvalue weighted by atomic mass is 9.78. The Balaban J connectivity index is 1.97. The Morgan fingerprint density at radius 1 is 1.21 bits per heavy atom. The maximum Gasteiger partial charge on any atom is 0.225 e. The van der Waals surface area contributed by atoms with Crippen LogP contribution in [0.1, 0.15) is 50.5 Å². The molecule has 1 aromatic rings. The molecule has 2 aliphatic rings. The largest absolute Gasteiger partial charge is 0.493 e. The van der Waals surface area contributed by atoms with E-state index >= 15 is 0 Å². The molecule has 0 bridgehead atoms. The molecule has 0 saturated heterocycles. The van der Waals surface area contributed by atoms with Crippen molar-refractivity contribution >= 4 is 11.7 Å². The number of benzene rings is 1. The summed E-state index contributed by atoms with van der Waals surface area (Å²) >= 11 is 0. The van der Waals surface area contributed by atoms with Crippen LogP contribution in [0.3, 0.4) is 0 Å². The van der Waals surface area contributed by atoms with Crippen LogP contribution >= 0.6 is 0 Å². The Morgan fingerprint density at radius 3 is 2.79 bits per heavy atom. The van der Waals surface area contributed by atoms with Gasteiger partial charge in [0.1, 0.15) is 0 Å². The minimum atomic E-state index is -0.198. The normalized spacial score (nSPS) is 20.5. The van der Waals surface area contributed by atoms with Crippen molar-refractivity contribution in [1.82, 2.24) is 5.32 Å². The fourth-order valence-electron chi connectivity index (χ4n) is 3.42. The number of methoxy groups -OCH3 is 1. The van der Waals surface area contributed by atoms with Crippen LogP contribution in [0, 0.1) is 0 Å². The summed E-state index contributed by atoms with van der Waals surface area (Å²) < 4.78 is 11.1. The van der Waals surface area contributed by atoms with E-state index in [1.807, 2.05) is 25.1 Å². The predicted octanol–water partition coefficient (Wildman–Crippen LogP) is 3.09.